The molecule has 0 spiro atoms. The molecule has 6 nitrogen and oxygen atoms in total. The summed E-state index contributed by atoms with van der Waals surface area (Å²) in [6, 6.07) is 13.4. The predicted molar refractivity (Wildman–Crippen MR) is 97.4 cm³/mol. The van der Waals surface area contributed by atoms with E-state index in [1.54, 1.807) is 6.08 Å². The first-order chi connectivity index (χ1) is 11.9. The molecule has 0 bridgehead atoms. The Bertz CT molecular complexity index is 849. The average Bonchev–Trinajstić information content (AvgIpc) is 2.60. The van der Waals surface area contributed by atoms with E-state index >= 15 is 0 Å². The highest BCUT2D eigenvalue weighted by molar-refractivity contribution is 7.89. The fourth-order valence-electron chi connectivity index (χ4n) is 2.26. The Labute approximate surface area is 147 Å². The topological polar surface area (TPSA) is 95.5 Å². The lowest BCUT2D eigenvalue weighted by atomic mass is 10.2. The van der Waals surface area contributed by atoms with E-state index < -0.39 is 16.0 Å². The van der Waals surface area contributed by atoms with Crippen molar-refractivity contribution in [1.82, 2.24) is 4.72 Å². The second-order valence-corrected chi connectivity index (χ2v) is 7.05. The molecule has 0 aliphatic heterocycles. The lowest BCUT2D eigenvalue weighted by Gasteiger charge is -2.13. The van der Waals surface area contributed by atoms with Crippen molar-refractivity contribution in [2.24, 2.45) is 0 Å². The summed E-state index contributed by atoms with van der Waals surface area (Å²) in [5.41, 5.74) is 1.25. The molecule has 132 valence electrons. The number of aromatic carboxylic acids is 1. The second-order valence-electron chi connectivity index (χ2n) is 5.32. The van der Waals surface area contributed by atoms with E-state index in [-0.39, 0.29) is 17.0 Å². The first-order valence-electron chi connectivity index (χ1n) is 7.70. The third kappa shape index (κ3) is 5.17. The Kier molecular flexibility index (Phi) is 6.32. The predicted octanol–water partition coefficient (Wildman–Crippen LogP) is 2.50. The summed E-state index contributed by atoms with van der Waals surface area (Å²) in [7, 11) is -3.86. The molecule has 0 radical (unpaired) electrons. The van der Waals surface area contributed by atoms with E-state index in [4.69, 9.17) is 5.11 Å². The van der Waals surface area contributed by atoms with Crippen LogP contribution in [0.4, 0.5) is 5.69 Å². The van der Waals surface area contributed by atoms with Crippen LogP contribution in [0.15, 0.2) is 66.1 Å². The molecule has 0 atom stereocenters. The first kappa shape index (κ1) is 18.7. The van der Waals surface area contributed by atoms with Gasteiger partial charge >= 0.3 is 5.97 Å². The Hall–Kier alpha value is -2.64. The highest BCUT2D eigenvalue weighted by atomic mass is 32.2. The van der Waals surface area contributed by atoms with Crippen LogP contribution in [-0.4, -0.2) is 32.6 Å². The van der Waals surface area contributed by atoms with Gasteiger partial charge in [0.2, 0.25) is 10.0 Å². The summed E-state index contributed by atoms with van der Waals surface area (Å²) in [5.74, 6) is -1.18. The first-order valence-corrected chi connectivity index (χ1v) is 9.18. The summed E-state index contributed by atoms with van der Waals surface area (Å²) in [5, 5.41) is 12.0. The number of sulfonamides is 1. The van der Waals surface area contributed by atoms with Gasteiger partial charge in [0.1, 0.15) is 4.90 Å². The molecule has 0 heterocycles. The van der Waals surface area contributed by atoms with Gasteiger partial charge in [0.05, 0.1) is 11.3 Å². The van der Waals surface area contributed by atoms with Crippen LogP contribution in [0.1, 0.15) is 15.9 Å². The van der Waals surface area contributed by atoms with Crippen molar-refractivity contribution in [3.63, 3.8) is 0 Å². The van der Waals surface area contributed by atoms with E-state index in [2.05, 4.69) is 16.6 Å². The Balaban J connectivity index is 2.21. The molecule has 0 aliphatic carbocycles. The summed E-state index contributed by atoms with van der Waals surface area (Å²) >= 11 is 0. The average molecular weight is 360 g/mol. The van der Waals surface area contributed by atoms with Crippen molar-refractivity contribution in [2.75, 3.05) is 18.4 Å². The highest BCUT2D eigenvalue weighted by Gasteiger charge is 2.20. The van der Waals surface area contributed by atoms with Gasteiger partial charge < -0.3 is 10.4 Å². The fraction of sp³-hybridized carbons (Fsp3) is 0.167. The van der Waals surface area contributed by atoms with Crippen LogP contribution in [0.3, 0.4) is 0 Å². The number of nitrogens with one attached hydrogen (secondary N) is 2. The van der Waals surface area contributed by atoms with Crippen molar-refractivity contribution in [1.29, 1.82) is 0 Å². The molecule has 0 amide bonds. The van der Waals surface area contributed by atoms with Crippen LogP contribution in [0.5, 0.6) is 0 Å². The van der Waals surface area contributed by atoms with Crippen molar-refractivity contribution in [2.45, 2.75) is 11.3 Å². The molecule has 2 aromatic rings. The highest BCUT2D eigenvalue weighted by Crippen LogP contribution is 2.23. The maximum absolute atomic E-state index is 12.6. The number of hydrogen-bond acceptors (Lipinski definition) is 4. The summed E-state index contributed by atoms with van der Waals surface area (Å²) < 4.78 is 27.7. The number of carboxylic acids is 1. The van der Waals surface area contributed by atoms with Crippen LogP contribution in [0, 0.1) is 0 Å². The molecule has 0 aliphatic rings. The molecule has 0 saturated carbocycles. The zero-order valence-electron chi connectivity index (χ0n) is 13.6. The van der Waals surface area contributed by atoms with Crippen LogP contribution in [0.25, 0.3) is 0 Å². The van der Waals surface area contributed by atoms with Gasteiger partial charge in [-0.3, -0.25) is 0 Å². The zero-order valence-corrected chi connectivity index (χ0v) is 14.4. The third-order valence-corrected chi connectivity index (χ3v) is 5.00. The standard InChI is InChI=1S/C18H20N2O4S/c1-2-11-19-16-9-8-15(18(21)22)13-17(16)25(23,24)20-12-10-14-6-4-3-5-7-14/h2-9,13,19-20H,1,10-12H2,(H,21,22). The number of carbonyl (C=O) groups is 1. The van der Waals surface area contributed by atoms with Gasteiger partial charge in [0, 0.05) is 13.1 Å². The van der Waals surface area contributed by atoms with Gasteiger partial charge in [0.25, 0.3) is 0 Å². The molecule has 0 aromatic heterocycles. The minimum atomic E-state index is -3.86. The summed E-state index contributed by atoms with van der Waals surface area (Å²) in [6.45, 7) is 4.15. The number of benzene rings is 2. The molecule has 2 rings (SSSR count). The number of anilines is 1. The van der Waals surface area contributed by atoms with Crippen LogP contribution in [0.2, 0.25) is 0 Å². The van der Waals surface area contributed by atoms with E-state index in [1.807, 2.05) is 30.3 Å². The molecule has 2 aromatic carbocycles. The second kappa shape index (κ2) is 8.46. The van der Waals surface area contributed by atoms with E-state index in [0.29, 0.717) is 18.7 Å². The zero-order chi connectivity index (χ0) is 18.3. The van der Waals surface area contributed by atoms with E-state index in [0.717, 1.165) is 11.6 Å². The van der Waals surface area contributed by atoms with Gasteiger partial charge in [-0.05, 0) is 30.2 Å². The van der Waals surface area contributed by atoms with Crippen LogP contribution >= 0.6 is 0 Å². The van der Waals surface area contributed by atoms with Crippen LogP contribution < -0.4 is 10.0 Å². The molecule has 0 fully saturated rings. The Morgan fingerprint density at radius 2 is 1.88 bits per heavy atom. The summed E-state index contributed by atoms with van der Waals surface area (Å²) in [4.78, 5) is 11.1. The molecule has 3 N–H and O–H groups in total. The van der Waals surface area contributed by atoms with Gasteiger partial charge in [-0.1, -0.05) is 36.4 Å². The van der Waals surface area contributed by atoms with Gasteiger partial charge in [-0.2, -0.15) is 0 Å². The fourth-order valence-corrected chi connectivity index (χ4v) is 3.50. The van der Waals surface area contributed by atoms with Gasteiger partial charge in [0.15, 0.2) is 0 Å². The quantitative estimate of drug-likeness (QED) is 0.597. The van der Waals surface area contributed by atoms with E-state index in [9.17, 15) is 13.2 Å². The van der Waals surface area contributed by atoms with Crippen molar-refractivity contribution >= 4 is 21.7 Å². The molecular weight excluding hydrogens is 340 g/mol. The smallest absolute Gasteiger partial charge is 0.335 e. The van der Waals surface area contributed by atoms with Gasteiger partial charge in [-0.15, -0.1) is 6.58 Å². The lowest BCUT2D eigenvalue weighted by Crippen LogP contribution is -2.27. The lowest BCUT2D eigenvalue weighted by molar-refractivity contribution is 0.0696. The summed E-state index contributed by atoms with van der Waals surface area (Å²) in [6.07, 6.45) is 2.12. The largest absolute Gasteiger partial charge is 0.478 e. The van der Waals surface area contributed by atoms with Crippen molar-refractivity contribution in [3.05, 3.63) is 72.3 Å². The minimum Gasteiger partial charge on any atom is -0.478 e. The Morgan fingerprint density at radius 3 is 2.52 bits per heavy atom. The van der Waals surface area contributed by atoms with Crippen molar-refractivity contribution < 1.29 is 18.3 Å². The molecular formula is C18H20N2O4S. The third-order valence-electron chi connectivity index (χ3n) is 3.50. The number of rotatable bonds is 9. The van der Waals surface area contributed by atoms with Crippen molar-refractivity contribution in [3.8, 4) is 0 Å². The normalized spacial score (nSPS) is 11.0. The van der Waals surface area contributed by atoms with E-state index in [1.165, 1.54) is 12.1 Å². The maximum atomic E-state index is 12.6. The number of hydrogen-bond donors (Lipinski definition) is 3. The maximum Gasteiger partial charge on any atom is 0.335 e. The number of carboxylic acid groups (broad SMARTS) is 1. The molecule has 0 unspecified atom stereocenters. The Morgan fingerprint density at radius 1 is 1.16 bits per heavy atom. The molecule has 25 heavy (non-hydrogen) atoms. The van der Waals surface area contributed by atoms with Gasteiger partial charge in [-0.25, -0.2) is 17.9 Å². The monoisotopic (exact) mass is 360 g/mol. The minimum absolute atomic E-state index is 0.0902. The molecule has 7 heteroatoms. The molecule has 0 saturated heterocycles. The van der Waals surface area contributed by atoms with Crippen LogP contribution in [-0.2, 0) is 16.4 Å². The SMILES string of the molecule is C=CCNc1ccc(C(=O)O)cc1S(=O)(=O)NCCc1ccccc1.